The van der Waals surface area contributed by atoms with E-state index in [4.69, 9.17) is 32.7 Å². The van der Waals surface area contributed by atoms with Crippen LogP contribution in [0.3, 0.4) is 0 Å². The summed E-state index contributed by atoms with van der Waals surface area (Å²) in [5, 5.41) is 1.02. The van der Waals surface area contributed by atoms with Crippen molar-refractivity contribution in [2.45, 2.75) is 19.3 Å². The number of ether oxygens (including phenoxy) is 2. The number of halogens is 4. The molecule has 0 saturated carbocycles. The summed E-state index contributed by atoms with van der Waals surface area (Å²) >= 11 is 18.2. The summed E-state index contributed by atoms with van der Waals surface area (Å²) in [5.41, 5.74) is 8.87. The van der Waals surface area contributed by atoms with E-state index >= 15 is 0 Å². The third kappa shape index (κ3) is 11.2. The van der Waals surface area contributed by atoms with Gasteiger partial charge in [0.05, 0.1) is 8.95 Å². The van der Waals surface area contributed by atoms with Crippen LogP contribution in [-0.4, -0.2) is 36.8 Å². The molecule has 0 spiro atoms. The molecule has 0 bridgehead atoms. The number of carbonyl (C=O) groups excluding carboxylic acids is 4. The number of benzene rings is 2. The summed E-state index contributed by atoms with van der Waals surface area (Å²) in [4.78, 5) is 47.2. The van der Waals surface area contributed by atoms with Gasteiger partial charge in [-0.1, -0.05) is 23.2 Å². The van der Waals surface area contributed by atoms with Crippen molar-refractivity contribution in [1.29, 1.82) is 0 Å². The first-order chi connectivity index (χ1) is 16.6. The van der Waals surface area contributed by atoms with Crippen LogP contribution < -0.4 is 31.2 Å². The molecule has 2 aromatic carbocycles. The Morgan fingerprint density at radius 2 is 1.03 bits per heavy atom. The highest BCUT2D eigenvalue weighted by Gasteiger charge is 2.10. The van der Waals surface area contributed by atoms with Gasteiger partial charge in [-0.2, -0.15) is 0 Å². The number of rotatable bonds is 10. The molecule has 0 fully saturated rings. The van der Waals surface area contributed by atoms with Gasteiger partial charge in [-0.25, -0.2) is 0 Å². The van der Waals surface area contributed by atoms with E-state index in [1.807, 2.05) is 0 Å². The fraction of sp³-hybridized carbons (Fsp3) is 0.238. The van der Waals surface area contributed by atoms with Gasteiger partial charge in [0.2, 0.25) is 11.8 Å². The molecule has 10 nitrogen and oxygen atoms in total. The van der Waals surface area contributed by atoms with E-state index in [2.05, 4.69) is 53.6 Å². The van der Waals surface area contributed by atoms with Crippen molar-refractivity contribution in [3.8, 4) is 11.5 Å². The van der Waals surface area contributed by atoms with Crippen LogP contribution in [0.2, 0.25) is 10.0 Å². The molecule has 0 radical (unpaired) electrons. The van der Waals surface area contributed by atoms with Gasteiger partial charge in [-0.15, -0.1) is 0 Å². The zero-order chi connectivity index (χ0) is 25.8. The van der Waals surface area contributed by atoms with E-state index in [1.54, 1.807) is 36.4 Å². The highest BCUT2D eigenvalue weighted by atomic mass is 79.9. The van der Waals surface area contributed by atoms with Gasteiger partial charge < -0.3 is 9.47 Å². The molecule has 0 aliphatic carbocycles. The molecule has 0 aromatic heterocycles. The number of amides is 4. The van der Waals surface area contributed by atoms with Crippen molar-refractivity contribution in [3.63, 3.8) is 0 Å². The molecule has 0 saturated heterocycles. The molecule has 2 rings (SSSR count). The van der Waals surface area contributed by atoms with Crippen molar-refractivity contribution in [3.05, 3.63) is 55.4 Å². The SMILES string of the molecule is O=C(CCCC(=O)NNC(=O)COc1ccc(Cl)cc1Br)NNC(=O)COc1ccc(Cl)cc1Br. The lowest BCUT2D eigenvalue weighted by molar-refractivity contribution is -0.131. The zero-order valence-electron chi connectivity index (χ0n) is 18.0. The minimum absolute atomic E-state index is 0.0288. The van der Waals surface area contributed by atoms with Gasteiger partial charge in [0.25, 0.3) is 11.8 Å². The van der Waals surface area contributed by atoms with Crippen molar-refractivity contribution in [1.82, 2.24) is 21.7 Å². The average Bonchev–Trinajstić information content (AvgIpc) is 2.80. The predicted octanol–water partition coefficient (Wildman–Crippen LogP) is 3.44. The molecule has 0 aliphatic rings. The maximum absolute atomic E-state index is 11.8. The van der Waals surface area contributed by atoms with Gasteiger partial charge in [-0.05, 0) is 74.7 Å². The molecule has 0 heterocycles. The van der Waals surface area contributed by atoms with Crippen LogP contribution in [0.4, 0.5) is 0 Å². The molecule has 2 aromatic rings. The van der Waals surface area contributed by atoms with Crippen LogP contribution in [0, 0.1) is 0 Å². The Morgan fingerprint density at radius 1 is 0.657 bits per heavy atom. The monoisotopic (exact) mass is 652 g/mol. The van der Waals surface area contributed by atoms with Crippen LogP contribution in [0.15, 0.2) is 45.3 Å². The number of hydrogen-bond acceptors (Lipinski definition) is 6. The first-order valence-electron chi connectivity index (χ1n) is 9.95. The molecule has 0 atom stereocenters. The van der Waals surface area contributed by atoms with Crippen LogP contribution in [-0.2, 0) is 19.2 Å². The lowest BCUT2D eigenvalue weighted by Crippen LogP contribution is -2.44. The lowest BCUT2D eigenvalue weighted by Gasteiger charge is -2.11. The minimum Gasteiger partial charge on any atom is -0.483 e. The van der Waals surface area contributed by atoms with Crippen molar-refractivity contribution in [2.75, 3.05) is 13.2 Å². The van der Waals surface area contributed by atoms with Crippen LogP contribution >= 0.6 is 55.1 Å². The molecular formula is C21H20Br2Cl2N4O6. The normalized spacial score (nSPS) is 10.2. The van der Waals surface area contributed by atoms with Crippen molar-refractivity contribution in [2.24, 2.45) is 0 Å². The third-order valence-electron chi connectivity index (χ3n) is 4.00. The third-order valence-corrected chi connectivity index (χ3v) is 5.71. The van der Waals surface area contributed by atoms with E-state index in [9.17, 15) is 19.2 Å². The second-order valence-electron chi connectivity index (χ2n) is 6.77. The van der Waals surface area contributed by atoms with Gasteiger partial charge in [-0.3, -0.25) is 40.9 Å². The van der Waals surface area contributed by atoms with E-state index < -0.39 is 23.6 Å². The van der Waals surface area contributed by atoms with Gasteiger partial charge in [0.1, 0.15) is 11.5 Å². The summed E-state index contributed by atoms with van der Waals surface area (Å²) in [6, 6.07) is 9.64. The van der Waals surface area contributed by atoms with Crippen molar-refractivity contribution < 1.29 is 28.7 Å². The summed E-state index contributed by atoms with van der Waals surface area (Å²) in [7, 11) is 0. The smallest absolute Gasteiger partial charge is 0.276 e. The Kier molecular flexibility index (Phi) is 12.1. The standard InChI is InChI=1S/C21H20Br2Cl2N4O6/c22-14-8-12(24)4-6-16(14)34-10-20(32)28-26-18(30)2-1-3-19(31)27-29-21(33)11-35-17-7-5-13(25)9-15(17)23/h4-9H,1-3,10-11H2,(H,26,30)(H,27,31)(H,28,32)(H,29,33). The number of hydrogen-bond donors (Lipinski definition) is 4. The number of hydrazine groups is 2. The van der Waals surface area contributed by atoms with E-state index in [0.717, 1.165) is 0 Å². The summed E-state index contributed by atoms with van der Waals surface area (Å²) in [6.45, 7) is -0.664. The Balaban J connectivity index is 1.55. The summed E-state index contributed by atoms with van der Waals surface area (Å²) in [6.07, 6.45) is 0.129. The maximum Gasteiger partial charge on any atom is 0.276 e. The molecule has 188 valence electrons. The van der Waals surface area contributed by atoms with Crippen LogP contribution in [0.5, 0.6) is 11.5 Å². The number of carbonyl (C=O) groups is 4. The summed E-state index contributed by atoms with van der Waals surface area (Å²) in [5.74, 6) is -1.31. The Labute approximate surface area is 227 Å². The topological polar surface area (TPSA) is 135 Å². The van der Waals surface area contributed by atoms with Gasteiger partial charge in [0.15, 0.2) is 13.2 Å². The minimum atomic E-state index is -0.575. The molecule has 14 heteroatoms. The molecule has 4 N–H and O–H groups in total. The second-order valence-corrected chi connectivity index (χ2v) is 9.35. The van der Waals surface area contributed by atoms with Gasteiger partial charge >= 0.3 is 0 Å². The first-order valence-corrected chi connectivity index (χ1v) is 12.3. The Morgan fingerprint density at radius 3 is 1.40 bits per heavy atom. The van der Waals surface area contributed by atoms with E-state index in [1.165, 1.54) is 0 Å². The molecule has 0 aliphatic heterocycles. The fourth-order valence-corrected chi connectivity index (χ4v) is 3.95. The predicted molar refractivity (Wildman–Crippen MR) is 136 cm³/mol. The Bertz CT molecular complexity index is 1010. The maximum atomic E-state index is 11.8. The van der Waals surface area contributed by atoms with Crippen LogP contribution in [0.25, 0.3) is 0 Å². The molecule has 35 heavy (non-hydrogen) atoms. The van der Waals surface area contributed by atoms with Gasteiger partial charge in [0, 0.05) is 22.9 Å². The highest BCUT2D eigenvalue weighted by molar-refractivity contribution is 9.10. The van der Waals surface area contributed by atoms with E-state index in [0.29, 0.717) is 30.5 Å². The number of nitrogens with one attached hydrogen (secondary N) is 4. The molecule has 0 unspecified atom stereocenters. The van der Waals surface area contributed by atoms with Crippen molar-refractivity contribution >= 4 is 78.7 Å². The lowest BCUT2D eigenvalue weighted by atomic mass is 10.2. The van der Waals surface area contributed by atoms with Crippen LogP contribution in [0.1, 0.15) is 19.3 Å². The van der Waals surface area contributed by atoms with E-state index in [-0.39, 0.29) is 32.5 Å². The Hall–Kier alpha value is -2.54. The first kappa shape index (κ1) is 28.7. The largest absolute Gasteiger partial charge is 0.483 e. The highest BCUT2D eigenvalue weighted by Crippen LogP contribution is 2.28. The zero-order valence-corrected chi connectivity index (χ0v) is 22.6. The average molecular weight is 655 g/mol. The quantitative estimate of drug-likeness (QED) is 0.290. The molecular weight excluding hydrogens is 635 g/mol. The second kappa shape index (κ2) is 14.8. The fourth-order valence-electron chi connectivity index (χ4n) is 2.36. The summed E-state index contributed by atoms with van der Waals surface area (Å²) < 4.78 is 11.8. The molecule has 4 amide bonds.